The van der Waals surface area contributed by atoms with E-state index < -0.39 is 0 Å². The monoisotopic (exact) mass is 236 g/mol. The number of aldehydes is 1. The van der Waals surface area contributed by atoms with E-state index in [9.17, 15) is 9.59 Å². The van der Waals surface area contributed by atoms with Gasteiger partial charge in [-0.05, 0) is 44.4 Å². The molecule has 0 aromatic rings. The van der Waals surface area contributed by atoms with Gasteiger partial charge in [-0.1, -0.05) is 25.5 Å². The van der Waals surface area contributed by atoms with Crippen molar-refractivity contribution in [2.24, 2.45) is 17.3 Å². The molecule has 1 rings (SSSR count). The van der Waals surface area contributed by atoms with E-state index >= 15 is 0 Å². The predicted octanol–water partition coefficient (Wildman–Crippen LogP) is 3.55. The smallest absolute Gasteiger partial charge is 0.130 e. The Bertz CT molecular complexity index is 326. The van der Waals surface area contributed by atoms with Gasteiger partial charge in [0, 0.05) is 12.3 Å². The minimum atomic E-state index is 0.211. The number of ketones is 1. The second kappa shape index (κ2) is 5.61. The molecule has 1 fully saturated rings. The van der Waals surface area contributed by atoms with Gasteiger partial charge in [0.2, 0.25) is 0 Å². The first-order valence-corrected chi connectivity index (χ1v) is 6.50. The Labute approximate surface area is 104 Å². The average molecular weight is 236 g/mol. The van der Waals surface area contributed by atoms with Crippen molar-refractivity contribution >= 4 is 12.1 Å². The van der Waals surface area contributed by atoms with Crippen molar-refractivity contribution in [2.45, 2.75) is 53.4 Å². The minimum absolute atomic E-state index is 0.211. The summed E-state index contributed by atoms with van der Waals surface area (Å²) < 4.78 is 0. The van der Waals surface area contributed by atoms with Crippen molar-refractivity contribution in [2.75, 3.05) is 0 Å². The van der Waals surface area contributed by atoms with Crippen LogP contribution in [0.1, 0.15) is 53.4 Å². The highest BCUT2D eigenvalue weighted by molar-refractivity contribution is 5.75. The molecule has 1 aliphatic rings. The van der Waals surface area contributed by atoms with Crippen molar-refractivity contribution in [1.82, 2.24) is 0 Å². The SMILES string of the molecule is CC(=O)CCC(C)=CCCC1C(C=O)C1(C)C. The number of carbonyl (C=O) groups is 2. The first-order chi connectivity index (χ1) is 7.89. The summed E-state index contributed by atoms with van der Waals surface area (Å²) in [5.74, 6) is 1.06. The minimum Gasteiger partial charge on any atom is -0.303 e. The van der Waals surface area contributed by atoms with Gasteiger partial charge in [0.15, 0.2) is 0 Å². The molecule has 2 nitrogen and oxygen atoms in total. The van der Waals surface area contributed by atoms with Crippen LogP contribution in [0.4, 0.5) is 0 Å². The van der Waals surface area contributed by atoms with Gasteiger partial charge in [-0.15, -0.1) is 0 Å². The van der Waals surface area contributed by atoms with Crippen LogP contribution in [-0.4, -0.2) is 12.1 Å². The van der Waals surface area contributed by atoms with Crippen LogP contribution in [0.2, 0.25) is 0 Å². The fraction of sp³-hybridized carbons (Fsp3) is 0.733. The summed E-state index contributed by atoms with van der Waals surface area (Å²) in [5.41, 5.74) is 1.50. The maximum absolute atomic E-state index is 10.8. The van der Waals surface area contributed by atoms with E-state index in [2.05, 4.69) is 26.8 Å². The molecular weight excluding hydrogens is 212 g/mol. The van der Waals surface area contributed by atoms with Gasteiger partial charge < -0.3 is 9.59 Å². The van der Waals surface area contributed by atoms with Crippen molar-refractivity contribution < 1.29 is 9.59 Å². The van der Waals surface area contributed by atoms with Gasteiger partial charge in [-0.3, -0.25) is 0 Å². The van der Waals surface area contributed by atoms with Crippen LogP contribution in [0.5, 0.6) is 0 Å². The van der Waals surface area contributed by atoms with Crippen molar-refractivity contribution in [1.29, 1.82) is 0 Å². The van der Waals surface area contributed by atoms with Crippen molar-refractivity contribution in [3.8, 4) is 0 Å². The van der Waals surface area contributed by atoms with Gasteiger partial charge in [0.1, 0.15) is 12.1 Å². The summed E-state index contributed by atoms with van der Waals surface area (Å²) in [6.07, 6.45) is 6.97. The van der Waals surface area contributed by atoms with Crippen molar-refractivity contribution in [3.05, 3.63) is 11.6 Å². The van der Waals surface area contributed by atoms with Crippen LogP contribution in [0, 0.1) is 17.3 Å². The zero-order valence-corrected chi connectivity index (χ0v) is 11.5. The molecule has 0 heterocycles. The highest BCUT2D eigenvalue weighted by Crippen LogP contribution is 2.59. The van der Waals surface area contributed by atoms with Crippen LogP contribution in [0.3, 0.4) is 0 Å². The third kappa shape index (κ3) is 3.79. The number of hydrogen-bond acceptors (Lipinski definition) is 2. The Kier molecular flexibility index (Phi) is 4.67. The summed E-state index contributed by atoms with van der Waals surface area (Å²) in [6, 6.07) is 0. The molecule has 1 aliphatic carbocycles. The highest BCUT2D eigenvalue weighted by Gasteiger charge is 2.56. The van der Waals surface area contributed by atoms with Gasteiger partial charge in [0.25, 0.3) is 0 Å². The maximum Gasteiger partial charge on any atom is 0.130 e. The molecule has 0 amide bonds. The van der Waals surface area contributed by atoms with Gasteiger partial charge >= 0.3 is 0 Å². The Hall–Kier alpha value is -0.920. The van der Waals surface area contributed by atoms with E-state index in [0.29, 0.717) is 12.3 Å². The second-order valence-corrected chi connectivity index (χ2v) is 5.92. The van der Waals surface area contributed by atoms with Crippen LogP contribution in [0.25, 0.3) is 0 Å². The highest BCUT2D eigenvalue weighted by atomic mass is 16.1. The number of allylic oxidation sites excluding steroid dienone is 2. The van der Waals surface area contributed by atoms with Crippen LogP contribution in [0.15, 0.2) is 11.6 Å². The summed E-state index contributed by atoms with van der Waals surface area (Å²) >= 11 is 0. The fourth-order valence-electron chi connectivity index (χ4n) is 2.59. The lowest BCUT2D eigenvalue weighted by Crippen LogP contribution is -1.91. The zero-order valence-electron chi connectivity index (χ0n) is 11.5. The number of carbonyl (C=O) groups excluding carboxylic acids is 2. The van der Waals surface area contributed by atoms with E-state index in [0.717, 1.165) is 25.5 Å². The molecule has 0 N–H and O–H groups in total. The van der Waals surface area contributed by atoms with E-state index in [4.69, 9.17) is 0 Å². The molecule has 0 aromatic carbocycles. The summed E-state index contributed by atoms with van der Waals surface area (Å²) in [4.78, 5) is 21.7. The molecule has 1 saturated carbocycles. The van der Waals surface area contributed by atoms with E-state index in [1.807, 2.05) is 0 Å². The molecule has 96 valence electrons. The topological polar surface area (TPSA) is 34.1 Å². The summed E-state index contributed by atoms with van der Waals surface area (Å²) in [6.45, 7) is 8.05. The number of hydrogen-bond donors (Lipinski definition) is 0. The van der Waals surface area contributed by atoms with E-state index in [-0.39, 0.29) is 17.1 Å². The second-order valence-electron chi connectivity index (χ2n) is 5.92. The van der Waals surface area contributed by atoms with Gasteiger partial charge in [-0.25, -0.2) is 0 Å². The largest absolute Gasteiger partial charge is 0.303 e. The fourth-order valence-corrected chi connectivity index (χ4v) is 2.59. The summed E-state index contributed by atoms with van der Waals surface area (Å²) in [5, 5.41) is 0. The Morgan fingerprint density at radius 2 is 1.88 bits per heavy atom. The molecule has 0 aliphatic heterocycles. The van der Waals surface area contributed by atoms with Gasteiger partial charge in [-0.2, -0.15) is 0 Å². The van der Waals surface area contributed by atoms with E-state index in [1.54, 1.807) is 6.92 Å². The molecule has 2 atom stereocenters. The summed E-state index contributed by atoms with van der Waals surface area (Å²) in [7, 11) is 0. The third-order valence-electron chi connectivity index (χ3n) is 4.13. The van der Waals surface area contributed by atoms with Crippen LogP contribution in [-0.2, 0) is 9.59 Å². The molecule has 0 spiro atoms. The third-order valence-corrected chi connectivity index (χ3v) is 4.13. The van der Waals surface area contributed by atoms with Gasteiger partial charge in [0.05, 0.1) is 0 Å². The molecule has 0 saturated heterocycles. The number of rotatable bonds is 7. The van der Waals surface area contributed by atoms with Crippen molar-refractivity contribution in [3.63, 3.8) is 0 Å². The standard InChI is InChI=1S/C15H24O2/c1-11(8-9-12(2)17)6-5-7-13-14(10-16)15(13,3)4/h6,10,13-14H,5,7-9H2,1-4H3. The normalized spacial score (nSPS) is 26.7. The zero-order chi connectivity index (χ0) is 13.1. The Morgan fingerprint density at radius 1 is 1.24 bits per heavy atom. The predicted molar refractivity (Wildman–Crippen MR) is 69.7 cm³/mol. The molecule has 0 bridgehead atoms. The molecule has 2 heteroatoms. The molecule has 17 heavy (non-hydrogen) atoms. The first kappa shape index (κ1) is 14.1. The molecule has 0 radical (unpaired) electrons. The lowest BCUT2D eigenvalue weighted by Gasteiger charge is -2.01. The Balaban J connectivity index is 2.26. The first-order valence-electron chi connectivity index (χ1n) is 6.50. The maximum atomic E-state index is 10.8. The average Bonchev–Trinajstić information content (AvgIpc) is 2.77. The quantitative estimate of drug-likeness (QED) is 0.500. The molecule has 0 aromatic heterocycles. The lowest BCUT2D eigenvalue weighted by atomic mass is 10.0. The molecule has 2 unspecified atom stereocenters. The lowest BCUT2D eigenvalue weighted by molar-refractivity contribution is -0.117. The Morgan fingerprint density at radius 3 is 2.35 bits per heavy atom. The van der Waals surface area contributed by atoms with Crippen LogP contribution < -0.4 is 0 Å². The van der Waals surface area contributed by atoms with Crippen LogP contribution >= 0.6 is 0 Å². The molecular formula is C15H24O2. The number of Topliss-reactive ketones (excluding diaryl/α,β-unsaturated/α-hetero) is 1. The van der Waals surface area contributed by atoms with E-state index in [1.165, 1.54) is 5.57 Å².